The summed E-state index contributed by atoms with van der Waals surface area (Å²) in [6.07, 6.45) is -0.396. The Labute approximate surface area is 109 Å². The molecule has 0 amide bonds. The van der Waals surface area contributed by atoms with Gasteiger partial charge in [-0.2, -0.15) is 0 Å². The molecule has 0 spiro atoms. The van der Waals surface area contributed by atoms with Gasteiger partial charge in [0, 0.05) is 23.6 Å². The molecule has 102 valence electrons. The van der Waals surface area contributed by atoms with E-state index in [4.69, 9.17) is 0 Å². The van der Waals surface area contributed by atoms with Gasteiger partial charge in [0.1, 0.15) is 5.82 Å². The van der Waals surface area contributed by atoms with E-state index in [0.29, 0.717) is 12.1 Å². The molecule has 0 saturated carbocycles. The second-order valence-electron chi connectivity index (χ2n) is 5.78. The largest absolute Gasteiger partial charge is 0.393 e. The number of nitrogens with zero attached hydrogens (tertiary/aromatic N) is 1. The molecule has 0 aromatic heterocycles. The van der Waals surface area contributed by atoms with Crippen molar-refractivity contribution in [1.82, 2.24) is 4.90 Å². The molecule has 0 aliphatic heterocycles. The van der Waals surface area contributed by atoms with Gasteiger partial charge in [-0.15, -0.1) is 0 Å². The molecule has 1 rings (SSSR count). The maximum absolute atomic E-state index is 13.7. The van der Waals surface area contributed by atoms with Crippen molar-refractivity contribution >= 4 is 0 Å². The van der Waals surface area contributed by atoms with E-state index in [1.807, 2.05) is 40.0 Å². The molecular formula is C15H24FNO. The van der Waals surface area contributed by atoms with E-state index in [9.17, 15) is 9.50 Å². The van der Waals surface area contributed by atoms with E-state index in [1.54, 1.807) is 13.0 Å². The highest BCUT2D eigenvalue weighted by atomic mass is 19.1. The molecule has 0 fully saturated rings. The van der Waals surface area contributed by atoms with Gasteiger partial charge in [0.2, 0.25) is 0 Å². The van der Waals surface area contributed by atoms with Crippen molar-refractivity contribution in [2.45, 2.75) is 39.8 Å². The summed E-state index contributed by atoms with van der Waals surface area (Å²) < 4.78 is 13.7. The SMILES string of the molecule is CC(c1ccccc1F)N(C)CC(C)(C)C(C)O. The quantitative estimate of drug-likeness (QED) is 0.871. The van der Waals surface area contributed by atoms with Crippen LogP contribution in [0.5, 0.6) is 0 Å². The lowest BCUT2D eigenvalue weighted by atomic mass is 9.86. The fourth-order valence-electron chi connectivity index (χ4n) is 1.96. The van der Waals surface area contributed by atoms with Gasteiger partial charge >= 0.3 is 0 Å². The van der Waals surface area contributed by atoms with E-state index in [-0.39, 0.29) is 17.3 Å². The first-order chi connectivity index (χ1) is 8.25. The van der Waals surface area contributed by atoms with Gasteiger partial charge in [0.15, 0.2) is 0 Å². The number of rotatable bonds is 5. The van der Waals surface area contributed by atoms with Crippen LogP contribution < -0.4 is 0 Å². The molecule has 0 bridgehead atoms. The van der Waals surface area contributed by atoms with E-state index in [2.05, 4.69) is 4.90 Å². The molecule has 3 heteroatoms. The zero-order chi connectivity index (χ0) is 13.9. The van der Waals surface area contributed by atoms with Gasteiger partial charge in [0.05, 0.1) is 6.10 Å². The van der Waals surface area contributed by atoms with E-state index in [1.165, 1.54) is 6.07 Å². The van der Waals surface area contributed by atoms with Gasteiger partial charge in [-0.05, 0) is 27.0 Å². The fraction of sp³-hybridized carbons (Fsp3) is 0.600. The maximum Gasteiger partial charge on any atom is 0.127 e. The lowest BCUT2D eigenvalue weighted by Crippen LogP contribution is -2.39. The Kier molecular flexibility index (Phi) is 4.88. The highest BCUT2D eigenvalue weighted by Crippen LogP contribution is 2.27. The number of aliphatic hydroxyl groups excluding tert-OH is 1. The van der Waals surface area contributed by atoms with Crippen LogP contribution in [0.25, 0.3) is 0 Å². The van der Waals surface area contributed by atoms with Crippen molar-refractivity contribution in [3.8, 4) is 0 Å². The maximum atomic E-state index is 13.7. The van der Waals surface area contributed by atoms with Crippen LogP contribution in [-0.2, 0) is 0 Å². The second-order valence-corrected chi connectivity index (χ2v) is 5.78. The minimum absolute atomic E-state index is 0.00998. The molecule has 0 aliphatic rings. The Morgan fingerprint density at radius 3 is 2.33 bits per heavy atom. The third-order valence-corrected chi connectivity index (χ3v) is 3.80. The Morgan fingerprint density at radius 2 is 1.83 bits per heavy atom. The van der Waals surface area contributed by atoms with Crippen molar-refractivity contribution in [2.24, 2.45) is 5.41 Å². The predicted octanol–water partition coefficient (Wildman–Crippen LogP) is 3.23. The zero-order valence-corrected chi connectivity index (χ0v) is 11.9. The van der Waals surface area contributed by atoms with Crippen molar-refractivity contribution < 1.29 is 9.50 Å². The van der Waals surface area contributed by atoms with Gasteiger partial charge in [0.25, 0.3) is 0 Å². The number of hydrogen-bond donors (Lipinski definition) is 1. The normalized spacial score (nSPS) is 15.8. The summed E-state index contributed by atoms with van der Waals surface area (Å²) in [5.41, 5.74) is 0.482. The van der Waals surface area contributed by atoms with Crippen LogP contribution in [0.4, 0.5) is 4.39 Å². The van der Waals surface area contributed by atoms with Crippen molar-refractivity contribution in [3.05, 3.63) is 35.6 Å². The predicted molar refractivity (Wildman–Crippen MR) is 72.9 cm³/mol. The van der Waals surface area contributed by atoms with E-state index < -0.39 is 6.10 Å². The third-order valence-electron chi connectivity index (χ3n) is 3.80. The molecule has 2 nitrogen and oxygen atoms in total. The molecule has 0 aliphatic carbocycles. The molecule has 0 heterocycles. The Hall–Kier alpha value is -0.930. The Balaban J connectivity index is 2.79. The lowest BCUT2D eigenvalue weighted by Gasteiger charge is -2.36. The van der Waals surface area contributed by atoms with Crippen LogP contribution in [0.15, 0.2) is 24.3 Å². The van der Waals surface area contributed by atoms with Crippen LogP contribution in [-0.4, -0.2) is 29.7 Å². The molecule has 1 aromatic carbocycles. The molecular weight excluding hydrogens is 229 g/mol. The number of hydrogen-bond acceptors (Lipinski definition) is 2. The van der Waals surface area contributed by atoms with E-state index >= 15 is 0 Å². The molecule has 18 heavy (non-hydrogen) atoms. The van der Waals surface area contributed by atoms with Gasteiger partial charge in [-0.3, -0.25) is 4.90 Å². The first-order valence-corrected chi connectivity index (χ1v) is 6.38. The van der Waals surface area contributed by atoms with Crippen LogP contribution >= 0.6 is 0 Å². The number of halogens is 1. The average Bonchev–Trinajstić information content (AvgIpc) is 2.28. The minimum Gasteiger partial charge on any atom is -0.393 e. The van der Waals surface area contributed by atoms with Gasteiger partial charge in [-0.25, -0.2) is 4.39 Å². The topological polar surface area (TPSA) is 23.5 Å². The van der Waals surface area contributed by atoms with Crippen LogP contribution in [0, 0.1) is 11.2 Å². The summed E-state index contributed by atoms with van der Waals surface area (Å²) in [6, 6.07) is 6.84. The summed E-state index contributed by atoms with van der Waals surface area (Å²) in [5.74, 6) is -0.174. The Bertz CT molecular complexity index is 390. The van der Waals surface area contributed by atoms with Crippen molar-refractivity contribution in [1.29, 1.82) is 0 Å². The zero-order valence-electron chi connectivity index (χ0n) is 11.9. The monoisotopic (exact) mass is 253 g/mol. The van der Waals surface area contributed by atoms with Crippen molar-refractivity contribution in [2.75, 3.05) is 13.6 Å². The molecule has 2 atom stereocenters. The Morgan fingerprint density at radius 1 is 1.28 bits per heavy atom. The van der Waals surface area contributed by atoms with Gasteiger partial charge < -0.3 is 5.11 Å². The van der Waals surface area contributed by atoms with Crippen LogP contribution in [0.3, 0.4) is 0 Å². The highest BCUT2D eigenvalue weighted by molar-refractivity contribution is 5.20. The number of benzene rings is 1. The summed E-state index contributed by atoms with van der Waals surface area (Å²) in [5, 5.41) is 9.74. The lowest BCUT2D eigenvalue weighted by molar-refractivity contribution is 0.0318. The summed E-state index contributed by atoms with van der Waals surface area (Å²) in [6.45, 7) is 8.52. The van der Waals surface area contributed by atoms with Gasteiger partial charge in [-0.1, -0.05) is 32.0 Å². The molecule has 0 saturated heterocycles. The van der Waals surface area contributed by atoms with Crippen molar-refractivity contribution in [3.63, 3.8) is 0 Å². The standard InChI is InChI=1S/C15H24FNO/c1-11(13-8-6-7-9-14(13)16)17(5)10-15(3,4)12(2)18/h6-9,11-12,18H,10H2,1-5H3. The minimum atomic E-state index is -0.396. The average molecular weight is 253 g/mol. The van der Waals surface area contributed by atoms with E-state index in [0.717, 1.165) is 0 Å². The first-order valence-electron chi connectivity index (χ1n) is 6.38. The summed E-state index contributed by atoms with van der Waals surface area (Å²) >= 11 is 0. The molecule has 2 unspecified atom stereocenters. The fourth-order valence-corrected chi connectivity index (χ4v) is 1.96. The molecule has 1 aromatic rings. The summed E-state index contributed by atoms with van der Waals surface area (Å²) in [7, 11) is 1.96. The smallest absolute Gasteiger partial charge is 0.127 e. The van der Waals surface area contributed by atoms with Crippen LogP contribution in [0.1, 0.15) is 39.3 Å². The second kappa shape index (κ2) is 5.81. The highest BCUT2D eigenvalue weighted by Gasteiger charge is 2.28. The third kappa shape index (κ3) is 3.53. The summed E-state index contributed by atoms with van der Waals surface area (Å²) in [4.78, 5) is 2.07. The molecule has 0 radical (unpaired) electrons. The first kappa shape index (κ1) is 15.1. The number of aliphatic hydroxyl groups is 1. The van der Waals surface area contributed by atoms with Crippen LogP contribution in [0.2, 0.25) is 0 Å². The molecule has 1 N–H and O–H groups in total.